The topological polar surface area (TPSA) is 72.5 Å². The minimum atomic E-state index is -2.99. The molecule has 1 aromatic rings. The Hall–Kier alpha value is -1.21. The van der Waals surface area contributed by atoms with Crippen LogP contribution >= 0.6 is 11.8 Å². The van der Waals surface area contributed by atoms with E-state index in [1.807, 2.05) is 30.5 Å². The number of carbonyl (C=O) groups excluding carboxylic acids is 1. The number of ether oxygens (including phenoxy) is 1. The molecule has 116 valence electrons. The van der Waals surface area contributed by atoms with Crippen molar-refractivity contribution in [1.82, 2.24) is 5.32 Å². The minimum absolute atomic E-state index is 0.0217. The lowest BCUT2D eigenvalue weighted by Crippen LogP contribution is -2.43. The van der Waals surface area contributed by atoms with Crippen molar-refractivity contribution in [3.63, 3.8) is 0 Å². The number of carbonyl (C=O) groups is 1. The largest absolute Gasteiger partial charge is 0.481 e. The molecular weight excluding hydrogens is 310 g/mol. The van der Waals surface area contributed by atoms with Crippen LogP contribution in [0, 0.1) is 0 Å². The Morgan fingerprint density at radius 2 is 2.05 bits per heavy atom. The van der Waals surface area contributed by atoms with Gasteiger partial charge in [-0.1, -0.05) is 0 Å². The third kappa shape index (κ3) is 4.64. The van der Waals surface area contributed by atoms with Crippen LogP contribution in [-0.2, 0) is 14.6 Å². The molecule has 2 rings (SSSR count). The molecule has 0 bridgehead atoms. The maximum Gasteiger partial charge on any atom is 0.261 e. The zero-order valence-electron chi connectivity index (χ0n) is 12.0. The Balaban J connectivity index is 1.87. The zero-order chi connectivity index (χ0) is 15.5. The maximum absolute atomic E-state index is 12.0. The fraction of sp³-hybridized carbons (Fsp3) is 0.500. The van der Waals surface area contributed by atoms with Crippen LogP contribution < -0.4 is 10.1 Å². The van der Waals surface area contributed by atoms with Gasteiger partial charge < -0.3 is 10.1 Å². The van der Waals surface area contributed by atoms with E-state index in [0.717, 1.165) is 4.90 Å². The molecule has 0 saturated carbocycles. The smallest absolute Gasteiger partial charge is 0.261 e. The highest BCUT2D eigenvalue weighted by Crippen LogP contribution is 2.20. The Morgan fingerprint density at radius 1 is 1.38 bits per heavy atom. The van der Waals surface area contributed by atoms with E-state index in [0.29, 0.717) is 12.2 Å². The first-order valence-corrected chi connectivity index (χ1v) is 9.76. The summed E-state index contributed by atoms with van der Waals surface area (Å²) in [6.07, 6.45) is 1.80. The van der Waals surface area contributed by atoms with Crippen molar-refractivity contribution < 1.29 is 17.9 Å². The Kier molecular flexibility index (Phi) is 5.16. The van der Waals surface area contributed by atoms with Crippen molar-refractivity contribution in [3.05, 3.63) is 24.3 Å². The van der Waals surface area contributed by atoms with Crippen LogP contribution in [0.5, 0.6) is 5.75 Å². The van der Waals surface area contributed by atoms with Crippen LogP contribution in [0.2, 0.25) is 0 Å². The summed E-state index contributed by atoms with van der Waals surface area (Å²) in [6, 6.07) is 7.18. The molecule has 0 aliphatic carbocycles. The Labute approximate surface area is 129 Å². The number of sulfone groups is 1. The van der Waals surface area contributed by atoms with Crippen molar-refractivity contribution in [2.24, 2.45) is 0 Å². The molecule has 1 heterocycles. The molecule has 1 N–H and O–H groups in total. The fourth-order valence-electron chi connectivity index (χ4n) is 2.14. The highest BCUT2D eigenvalue weighted by atomic mass is 32.2. The highest BCUT2D eigenvalue weighted by Gasteiger charge is 2.30. The van der Waals surface area contributed by atoms with E-state index in [1.165, 1.54) is 0 Å². The molecule has 1 saturated heterocycles. The average molecular weight is 329 g/mol. The van der Waals surface area contributed by atoms with E-state index in [1.54, 1.807) is 18.7 Å². The van der Waals surface area contributed by atoms with Crippen LogP contribution in [0.4, 0.5) is 0 Å². The Bertz CT molecular complexity index is 598. The van der Waals surface area contributed by atoms with Crippen molar-refractivity contribution in [2.45, 2.75) is 30.4 Å². The molecule has 1 aliphatic rings. The molecule has 0 radical (unpaired) electrons. The van der Waals surface area contributed by atoms with Crippen LogP contribution in [0.25, 0.3) is 0 Å². The monoisotopic (exact) mass is 329 g/mol. The van der Waals surface area contributed by atoms with Gasteiger partial charge in [-0.15, -0.1) is 11.8 Å². The van der Waals surface area contributed by atoms with Crippen LogP contribution in [-0.4, -0.2) is 44.2 Å². The van der Waals surface area contributed by atoms with E-state index in [-0.39, 0.29) is 23.5 Å². The van der Waals surface area contributed by atoms with E-state index in [4.69, 9.17) is 4.74 Å². The van der Waals surface area contributed by atoms with E-state index in [9.17, 15) is 13.2 Å². The molecule has 1 fully saturated rings. The maximum atomic E-state index is 12.0. The number of thioether (sulfide) groups is 1. The van der Waals surface area contributed by atoms with Crippen molar-refractivity contribution in [3.8, 4) is 5.75 Å². The molecule has 0 unspecified atom stereocenters. The standard InChI is InChI=1S/C14H19NO4S2/c1-10(19-12-3-5-13(20-2)6-4-12)14(16)15-11-7-8-21(17,18)9-11/h3-6,10-11H,7-9H2,1-2H3,(H,15,16)/t10-,11-/m1/s1. The molecule has 0 spiro atoms. The summed E-state index contributed by atoms with van der Waals surface area (Å²) in [7, 11) is -2.99. The number of nitrogens with one attached hydrogen (secondary N) is 1. The van der Waals surface area contributed by atoms with Gasteiger partial charge in [0.15, 0.2) is 15.9 Å². The first-order chi connectivity index (χ1) is 9.89. The number of hydrogen-bond acceptors (Lipinski definition) is 5. The summed E-state index contributed by atoms with van der Waals surface area (Å²) in [5.74, 6) is 0.498. The fourth-order valence-corrected chi connectivity index (χ4v) is 4.22. The first kappa shape index (κ1) is 16.2. The normalized spacial score (nSPS) is 21.7. The van der Waals surface area contributed by atoms with Crippen LogP contribution in [0.15, 0.2) is 29.2 Å². The highest BCUT2D eigenvalue weighted by molar-refractivity contribution is 7.98. The van der Waals surface area contributed by atoms with Gasteiger partial charge in [0.25, 0.3) is 5.91 Å². The van der Waals surface area contributed by atoms with Gasteiger partial charge in [-0.2, -0.15) is 0 Å². The molecule has 7 heteroatoms. The lowest BCUT2D eigenvalue weighted by molar-refractivity contribution is -0.127. The summed E-state index contributed by atoms with van der Waals surface area (Å²) in [6.45, 7) is 1.65. The molecule has 1 amide bonds. The van der Waals surface area contributed by atoms with Gasteiger partial charge in [0, 0.05) is 10.9 Å². The molecular formula is C14H19NO4S2. The predicted octanol–water partition coefficient (Wildman–Crippen LogP) is 1.48. The molecule has 5 nitrogen and oxygen atoms in total. The number of benzene rings is 1. The van der Waals surface area contributed by atoms with Gasteiger partial charge in [0.2, 0.25) is 0 Å². The minimum Gasteiger partial charge on any atom is -0.481 e. The quantitative estimate of drug-likeness (QED) is 0.829. The molecule has 21 heavy (non-hydrogen) atoms. The summed E-state index contributed by atoms with van der Waals surface area (Å²) < 4.78 is 28.3. The number of hydrogen-bond donors (Lipinski definition) is 1. The molecule has 1 aliphatic heterocycles. The van der Waals surface area contributed by atoms with Gasteiger partial charge in [0.05, 0.1) is 11.5 Å². The summed E-state index contributed by atoms with van der Waals surface area (Å²) in [5.41, 5.74) is 0. The summed E-state index contributed by atoms with van der Waals surface area (Å²) in [5, 5.41) is 2.73. The first-order valence-electron chi connectivity index (χ1n) is 6.71. The third-order valence-electron chi connectivity index (χ3n) is 3.32. The zero-order valence-corrected chi connectivity index (χ0v) is 13.7. The van der Waals surface area contributed by atoms with Crippen molar-refractivity contribution >= 4 is 27.5 Å². The summed E-state index contributed by atoms with van der Waals surface area (Å²) >= 11 is 1.63. The number of amides is 1. The second kappa shape index (κ2) is 6.70. The van der Waals surface area contributed by atoms with E-state index in [2.05, 4.69) is 5.32 Å². The van der Waals surface area contributed by atoms with Crippen LogP contribution in [0.1, 0.15) is 13.3 Å². The van der Waals surface area contributed by atoms with Crippen molar-refractivity contribution in [2.75, 3.05) is 17.8 Å². The summed E-state index contributed by atoms with van der Waals surface area (Å²) in [4.78, 5) is 13.1. The predicted molar refractivity (Wildman–Crippen MR) is 83.5 cm³/mol. The van der Waals surface area contributed by atoms with Gasteiger partial charge in [-0.3, -0.25) is 4.79 Å². The Morgan fingerprint density at radius 3 is 2.57 bits per heavy atom. The van der Waals surface area contributed by atoms with E-state index < -0.39 is 15.9 Å². The molecule has 0 aromatic heterocycles. The second-order valence-corrected chi connectivity index (χ2v) is 8.15. The van der Waals surface area contributed by atoms with Crippen molar-refractivity contribution in [1.29, 1.82) is 0 Å². The molecule has 1 aromatic carbocycles. The second-order valence-electron chi connectivity index (χ2n) is 5.04. The van der Waals surface area contributed by atoms with Gasteiger partial charge in [0.1, 0.15) is 5.75 Å². The number of rotatable bonds is 5. The SMILES string of the molecule is CSc1ccc(O[C@H](C)C(=O)N[C@@H]2CCS(=O)(=O)C2)cc1. The van der Waals surface area contributed by atoms with Gasteiger partial charge >= 0.3 is 0 Å². The lowest BCUT2D eigenvalue weighted by Gasteiger charge is -2.17. The van der Waals surface area contributed by atoms with Crippen LogP contribution in [0.3, 0.4) is 0 Å². The third-order valence-corrected chi connectivity index (χ3v) is 5.83. The van der Waals surface area contributed by atoms with Gasteiger partial charge in [-0.25, -0.2) is 8.42 Å². The lowest BCUT2D eigenvalue weighted by atomic mass is 10.2. The van der Waals surface area contributed by atoms with E-state index >= 15 is 0 Å². The molecule has 2 atom stereocenters. The average Bonchev–Trinajstić information content (AvgIpc) is 2.78. The van der Waals surface area contributed by atoms with Gasteiger partial charge in [-0.05, 0) is 43.9 Å².